The maximum atomic E-state index is 6.28. The number of halogens is 2. The van der Waals surface area contributed by atoms with Crippen LogP contribution in [0, 0.1) is 0 Å². The highest BCUT2D eigenvalue weighted by molar-refractivity contribution is 6.31. The lowest BCUT2D eigenvalue weighted by Crippen LogP contribution is -2.09. The number of rotatable bonds is 2. The summed E-state index contributed by atoms with van der Waals surface area (Å²) in [7, 11) is 0. The molecule has 1 aliphatic rings. The molecule has 1 saturated carbocycles. The van der Waals surface area contributed by atoms with Gasteiger partial charge in [-0.25, -0.2) is 4.98 Å². The topological polar surface area (TPSA) is 17.8 Å². The molecule has 0 saturated heterocycles. The van der Waals surface area contributed by atoms with Crippen LogP contribution in [0.15, 0.2) is 18.2 Å². The lowest BCUT2D eigenvalue weighted by atomic mass is 10.2. The van der Waals surface area contributed by atoms with Crippen molar-refractivity contribution in [1.29, 1.82) is 0 Å². The van der Waals surface area contributed by atoms with Gasteiger partial charge in [0.2, 0.25) is 0 Å². The van der Waals surface area contributed by atoms with Gasteiger partial charge in [-0.1, -0.05) is 24.4 Å². The molecule has 2 aromatic rings. The van der Waals surface area contributed by atoms with Crippen molar-refractivity contribution in [1.82, 2.24) is 9.55 Å². The number of aromatic nitrogens is 2. The van der Waals surface area contributed by atoms with Gasteiger partial charge in [0.1, 0.15) is 5.82 Å². The Labute approximate surface area is 117 Å². The zero-order chi connectivity index (χ0) is 12.7. The van der Waals surface area contributed by atoms with E-state index in [1.165, 1.54) is 25.7 Å². The van der Waals surface area contributed by atoms with E-state index in [0.717, 1.165) is 21.9 Å². The molecule has 3 rings (SSSR count). The second kappa shape index (κ2) is 4.75. The van der Waals surface area contributed by atoms with Gasteiger partial charge in [0.05, 0.1) is 16.4 Å². The SMILES string of the molecule is CC(Cl)c1nc2ccc(Cl)cc2n1C1CCCC1. The molecule has 0 amide bonds. The summed E-state index contributed by atoms with van der Waals surface area (Å²) in [6, 6.07) is 6.40. The van der Waals surface area contributed by atoms with Crippen molar-refractivity contribution in [2.75, 3.05) is 0 Å². The molecule has 1 aliphatic carbocycles. The van der Waals surface area contributed by atoms with Gasteiger partial charge in [-0.3, -0.25) is 0 Å². The Morgan fingerprint density at radius 3 is 2.72 bits per heavy atom. The van der Waals surface area contributed by atoms with Crippen molar-refractivity contribution < 1.29 is 0 Å². The summed E-state index contributed by atoms with van der Waals surface area (Å²) >= 11 is 12.4. The van der Waals surface area contributed by atoms with Gasteiger partial charge in [-0.2, -0.15) is 0 Å². The molecule has 1 aromatic heterocycles. The summed E-state index contributed by atoms with van der Waals surface area (Å²) in [5.74, 6) is 0.973. The zero-order valence-electron chi connectivity index (χ0n) is 10.4. The normalized spacial score (nSPS) is 18.6. The minimum absolute atomic E-state index is 0.0724. The van der Waals surface area contributed by atoms with Crippen molar-refractivity contribution in [3.05, 3.63) is 29.0 Å². The Balaban J connectivity index is 2.22. The van der Waals surface area contributed by atoms with E-state index in [1.807, 2.05) is 25.1 Å². The van der Waals surface area contributed by atoms with Gasteiger partial charge in [0.25, 0.3) is 0 Å². The quantitative estimate of drug-likeness (QED) is 0.701. The number of hydrogen-bond acceptors (Lipinski definition) is 1. The zero-order valence-corrected chi connectivity index (χ0v) is 11.9. The van der Waals surface area contributed by atoms with Gasteiger partial charge in [-0.05, 0) is 38.0 Å². The van der Waals surface area contributed by atoms with Crippen LogP contribution in [-0.4, -0.2) is 9.55 Å². The van der Waals surface area contributed by atoms with E-state index in [4.69, 9.17) is 23.2 Å². The standard InChI is InChI=1S/C14H16Cl2N2/c1-9(15)14-17-12-7-6-10(16)8-13(12)18(14)11-4-2-3-5-11/h6-9,11H,2-5H2,1H3. The fraction of sp³-hybridized carbons (Fsp3) is 0.500. The molecule has 4 heteroatoms. The van der Waals surface area contributed by atoms with Crippen molar-refractivity contribution in [3.8, 4) is 0 Å². The fourth-order valence-corrected chi connectivity index (χ4v) is 3.23. The first-order valence-corrected chi connectivity index (χ1v) is 7.29. The number of imidazole rings is 1. The van der Waals surface area contributed by atoms with Gasteiger partial charge >= 0.3 is 0 Å². The Kier molecular flexibility index (Phi) is 3.25. The Bertz CT molecular complexity index is 568. The molecule has 0 N–H and O–H groups in total. The first-order chi connectivity index (χ1) is 8.66. The second-order valence-corrected chi connectivity index (χ2v) is 6.12. The van der Waals surface area contributed by atoms with E-state index in [9.17, 15) is 0 Å². The minimum Gasteiger partial charge on any atom is -0.324 e. The smallest absolute Gasteiger partial charge is 0.127 e. The van der Waals surface area contributed by atoms with Gasteiger partial charge < -0.3 is 4.57 Å². The van der Waals surface area contributed by atoms with E-state index >= 15 is 0 Å². The van der Waals surface area contributed by atoms with E-state index < -0.39 is 0 Å². The molecule has 1 atom stereocenters. The predicted octanol–water partition coefficient (Wildman–Crippen LogP) is 5.10. The molecule has 1 unspecified atom stereocenters. The molecule has 1 fully saturated rings. The Morgan fingerprint density at radius 1 is 1.33 bits per heavy atom. The number of nitrogens with zero attached hydrogens (tertiary/aromatic N) is 2. The molecule has 1 aromatic carbocycles. The summed E-state index contributed by atoms with van der Waals surface area (Å²) in [6.45, 7) is 1.98. The molecular weight excluding hydrogens is 267 g/mol. The van der Waals surface area contributed by atoms with Crippen molar-refractivity contribution in [3.63, 3.8) is 0 Å². The third kappa shape index (κ3) is 2.02. The summed E-state index contributed by atoms with van der Waals surface area (Å²) in [6.07, 6.45) is 5.02. The van der Waals surface area contributed by atoms with Crippen LogP contribution in [0.2, 0.25) is 5.02 Å². The number of benzene rings is 1. The molecule has 0 spiro atoms. The number of fused-ring (bicyclic) bond motifs is 1. The van der Waals surface area contributed by atoms with Crippen LogP contribution >= 0.6 is 23.2 Å². The first kappa shape index (κ1) is 12.3. The number of hydrogen-bond donors (Lipinski definition) is 0. The maximum absolute atomic E-state index is 6.28. The minimum atomic E-state index is -0.0724. The molecule has 96 valence electrons. The molecule has 0 bridgehead atoms. The van der Waals surface area contributed by atoms with Crippen molar-refractivity contribution in [2.24, 2.45) is 0 Å². The van der Waals surface area contributed by atoms with Crippen molar-refractivity contribution >= 4 is 34.2 Å². The number of alkyl halides is 1. The highest BCUT2D eigenvalue weighted by atomic mass is 35.5. The summed E-state index contributed by atoms with van der Waals surface area (Å²) < 4.78 is 2.31. The summed E-state index contributed by atoms with van der Waals surface area (Å²) in [5.41, 5.74) is 2.12. The third-order valence-electron chi connectivity index (χ3n) is 3.72. The monoisotopic (exact) mass is 282 g/mol. The highest BCUT2D eigenvalue weighted by Gasteiger charge is 2.24. The van der Waals surface area contributed by atoms with Gasteiger partial charge in [0, 0.05) is 11.1 Å². The molecule has 18 heavy (non-hydrogen) atoms. The van der Waals surface area contributed by atoms with E-state index in [2.05, 4.69) is 9.55 Å². The predicted molar refractivity (Wildman–Crippen MR) is 76.5 cm³/mol. The van der Waals surface area contributed by atoms with Crippen LogP contribution in [0.4, 0.5) is 0 Å². The largest absolute Gasteiger partial charge is 0.324 e. The molecular formula is C14H16Cl2N2. The average Bonchev–Trinajstić information content (AvgIpc) is 2.93. The van der Waals surface area contributed by atoms with Crippen LogP contribution in [0.1, 0.15) is 49.9 Å². The van der Waals surface area contributed by atoms with Gasteiger partial charge in [0.15, 0.2) is 0 Å². The van der Waals surface area contributed by atoms with Crippen LogP contribution in [0.5, 0.6) is 0 Å². The Morgan fingerprint density at radius 2 is 2.06 bits per heavy atom. The molecule has 2 nitrogen and oxygen atoms in total. The van der Waals surface area contributed by atoms with Crippen LogP contribution in [-0.2, 0) is 0 Å². The molecule has 0 radical (unpaired) electrons. The summed E-state index contributed by atoms with van der Waals surface area (Å²) in [4.78, 5) is 4.67. The van der Waals surface area contributed by atoms with Crippen LogP contribution in [0.25, 0.3) is 11.0 Å². The van der Waals surface area contributed by atoms with Crippen LogP contribution in [0.3, 0.4) is 0 Å². The fourth-order valence-electron chi connectivity index (χ4n) is 2.91. The van der Waals surface area contributed by atoms with E-state index in [1.54, 1.807) is 0 Å². The van der Waals surface area contributed by atoms with Crippen LogP contribution < -0.4 is 0 Å². The summed E-state index contributed by atoms with van der Waals surface area (Å²) in [5, 5.41) is 0.687. The van der Waals surface area contributed by atoms with Crippen molar-refractivity contribution in [2.45, 2.75) is 44.0 Å². The lowest BCUT2D eigenvalue weighted by molar-refractivity contribution is 0.510. The lowest BCUT2D eigenvalue weighted by Gasteiger charge is -2.17. The highest BCUT2D eigenvalue weighted by Crippen LogP contribution is 2.36. The Hall–Kier alpha value is -0.730. The first-order valence-electron chi connectivity index (χ1n) is 6.48. The van der Waals surface area contributed by atoms with E-state index in [0.29, 0.717) is 6.04 Å². The van der Waals surface area contributed by atoms with E-state index in [-0.39, 0.29) is 5.38 Å². The van der Waals surface area contributed by atoms with Gasteiger partial charge in [-0.15, -0.1) is 11.6 Å². The molecule has 1 heterocycles. The average molecular weight is 283 g/mol. The maximum Gasteiger partial charge on any atom is 0.127 e. The molecule has 0 aliphatic heterocycles. The third-order valence-corrected chi connectivity index (χ3v) is 4.15. The second-order valence-electron chi connectivity index (χ2n) is 5.03.